The van der Waals surface area contributed by atoms with Crippen LogP contribution in [0.1, 0.15) is 55.0 Å². The summed E-state index contributed by atoms with van der Waals surface area (Å²) >= 11 is 0. The number of carbonyl (C=O) groups excluding carboxylic acids is 1. The molecule has 4 aliphatic rings. The number of hydrogen-bond donors (Lipinski definition) is 1. The van der Waals surface area contributed by atoms with E-state index in [0.717, 1.165) is 42.8 Å². The van der Waals surface area contributed by atoms with Gasteiger partial charge < -0.3 is 9.52 Å². The van der Waals surface area contributed by atoms with Crippen LogP contribution in [0.15, 0.2) is 10.6 Å². The molecule has 0 saturated heterocycles. The van der Waals surface area contributed by atoms with Crippen LogP contribution in [0, 0.1) is 17.8 Å². The summed E-state index contributed by atoms with van der Waals surface area (Å²) in [5.74, 6) is 0.203. The van der Waals surface area contributed by atoms with Crippen molar-refractivity contribution < 1.29 is 19.1 Å². The molecular formula is C15H17NO4. The molecule has 0 amide bonds. The number of rotatable bonds is 3. The Balaban J connectivity index is 1.67. The first-order chi connectivity index (χ1) is 9.56. The molecule has 0 unspecified atom stereocenters. The van der Waals surface area contributed by atoms with Crippen molar-refractivity contribution in [2.24, 2.45) is 17.8 Å². The second kappa shape index (κ2) is 3.93. The quantitative estimate of drug-likeness (QED) is 0.676. The number of Topliss-reactive ketones (excluding diaryl/α,β-unsaturated/α-hetero) is 1. The smallest absolute Gasteiger partial charge is 0.382 e. The molecule has 20 heavy (non-hydrogen) atoms. The van der Waals surface area contributed by atoms with E-state index < -0.39 is 11.8 Å². The number of carboxylic acid groups (broad SMARTS) is 1. The molecule has 4 aliphatic carbocycles. The topological polar surface area (TPSA) is 80.4 Å². The average molecular weight is 275 g/mol. The minimum absolute atomic E-state index is 0.0127. The van der Waals surface area contributed by atoms with Crippen molar-refractivity contribution in [1.82, 2.24) is 4.98 Å². The molecule has 1 aromatic rings. The molecule has 1 heterocycles. The zero-order chi connectivity index (χ0) is 13.9. The van der Waals surface area contributed by atoms with Crippen molar-refractivity contribution in [2.75, 3.05) is 0 Å². The van der Waals surface area contributed by atoms with Crippen LogP contribution in [0.25, 0.3) is 0 Å². The normalized spacial score (nSPS) is 38.1. The van der Waals surface area contributed by atoms with E-state index in [-0.39, 0.29) is 11.3 Å². The van der Waals surface area contributed by atoms with Crippen molar-refractivity contribution in [2.45, 2.75) is 43.9 Å². The predicted octanol–water partition coefficient (Wildman–Crippen LogP) is 2.41. The lowest BCUT2D eigenvalue weighted by Gasteiger charge is -2.55. The fraction of sp³-hybridized carbons (Fsp3) is 0.667. The summed E-state index contributed by atoms with van der Waals surface area (Å²) in [5.41, 5.74) is 0.0127. The number of ketones is 1. The van der Waals surface area contributed by atoms with Crippen molar-refractivity contribution in [3.05, 3.63) is 17.8 Å². The second-order valence-electron chi connectivity index (χ2n) is 6.86. The summed E-state index contributed by atoms with van der Waals surface area (Å²) in [6.45, 7) is 0. The minimum Gasteiger partial charge on any atom is -0.475 e. The van der Waals surface area contributed by atoms with Gasteiger partial charge in [-0.1, -0.05) is 0 Å². The van der Waals surface area contributed by atoms with Gasteiger partial charge in [0.2, 0.25) is 0 Å². The standard InChI is InChI=1S/C15H17NO4/c17-12(14(18)19)13-16-7-11(20-13)15-4-8-1-9(5-15)3-10(2-8)6-15/h7-10H,1-6H2,(H,18,19). The Hall–Kier alpha value is -1.65. The van der Waals surface area contributed by atoms with Crippen LogP contribution in [-0.2, 0) is 10.2 Å². The molecule has 4 saturated carbocycles. The predicted molar refractivity (Wildman–Crippen MR) is 68.3 cm³/mol. The van der Waals surface area contributed by atoms with Crippen LogP contribution in [0.5, 0.6) is 0 Å². The van der Waals surface area contributed by atoms with Gasteiger partial charge in [-0.15, -0.1) is 0 Å². The summed E-state index contributed by atoms with van der Waals surface area (Å²) in [4.78, 5) is 26.0. The third-order valence-electron chi connectivity index (χ3n) is 5.46. The van der Waals surface area contributed by atoms with Crippen molar-refractivity contribution in [3.8, 4) is 0 Å². The van der Waals surface area contributed by atoms with E-state index in [2.05, 4.69) is 4.98 Å². The van der Waals surface area contributed by atoms with Crippen molar-refractivity contribution >= 4 is 11.8 Å². The summed E-state index contributed by atoms with van der Waals surface area (Å²) < 4.78 is 5.55. The van der Waals surface area contributed by atoms with Gasteiger partial charge in [-0.3, -0.25) is 4.79 Å². The molecule has 5 heteroatoms. The van der Waals surface area contributed by atoms with Crippen LogP contribution in [0.4, 0.5) is 0 Å². The molecule has 106 valence electrons. The number of aromatic nitrogens is 1. The largest absolute Gasteiger partial charge is 0.475 e. The first-order valence-corrected chi connectivity index (χ1v) is 7.30. The summed E-state index contributed by atoms with van der Waals surface area (Å²) in [6, 6.07) is 0. The van der Waals surface area contributed by atoms with Gasteiger partial charge in [0.15, 0.2) is 0 Å². The van der Waals surface area contributed by atoms with E-state index in [1.54, 1.807) is 6.20 Å². The number of carboxylic acids is 1. The van der Waals surface area contributed by atoms with Crippen molar-refractivity contribution in [1.29, 1.82) is 0 Å². The van der Waals surface area contributed by atoms with Gasteiger partial charge in [0.25, 0.3) is 5.89 Å². The maximum atomic E-state index is 11.4. The van der Waals surface area contributed by atoms with Gasteiger partial charge in [0.1, 0.15) is 5.76 Å². The summed E-state index contributed by atoms with van der Waals surface area (Å²) in [6.07, 6.45) is 8.89. The number of oxazole rings is 1. The van der Waals surface area contributed by atoms with Gasteiger partial charge in [0.05, 0.1) is 6.20 Å². The summed E-state index contributed by atoms with van der Waals surface area (Å²) in [7, 11) is 0. The Morgan fingerprint density at radius 2 is 1.70 bits per heavy atom. The first-order valence-electron chi connectivity index (χ1n) is 7.30. The zero-order valence-electron chi connectivity index (χ0n) is 11.2. The lowest BCUT2D eigenvalue weighted by molar-refractivity contribution is -0.132. The van der Waals surface area contributed by atoms with Gasteiger partial charge in [-0.25, -0.2) is 9.78 Å². The van der Waals surface area contributed by atoms with Crippen molar-refractivity contribution in [3.63, 3.8) is 0 Å². The highest BCUT2D eigenvalue weighted by Gasteiger charge is 2.53. The van der Waals surface area contributed by atoms with Crippen LogP contribution in [0.2, 0.25) is 0 Å². The Labute approximate surface area is 116 Å². The van der Waals surface area contributed by atoms with Gasteiger partial charge in [-0.2, -0.15) is 0 Å². The molecule has 0 aromatic carbocycles. The highest BCUT2D eigenvalue weighted by Crippen LogP contribution is 2.60. The number of carbonyl (C=O) groups is 2. The highest BCUT2D eigenvalue weighted by atomic mass is 16.4. The molecule has 5 nitrogen and oxygen atoms in total. The zero-order valence-corrected chi connectivity index (χ0v) is 11.2. The SMILES string of the molecule is O=C(O)C(=O)c1ncc(C23CC4CC(CC(C4)C2)C3)o1. The highest BCUT2D eigenvalue weighted by molar-refractivity contribution is 6.38. The van der Waals surface area contributed by atoms with Gasteiger partial charge in [0, 0.05) is 5.41 Å². The first kappa shape index (κ1) is 12.1. The fourth-order valence-corrected chi connectivity index (χ4v) is 5.13. The molecule has 0 spiro atoms. The van der Waals surface area contributed by atoms with E-state index in [0.29, 0.717) is 0 Å². The molecule has 0 atom stereocenters. The third kappa shape index (κ3) is 1.65. The molecule has 0 radical (unpaired) electrons. The average Bonchev–Trinajstić information content (AvgIpc) is 2.86. The molecule has 1 N–H and O–H groups in total. The molecule has 5 rings (SSSR count). The Morgan fingerprint density at radius 3 is 2.20 bits per heavy atom. The lowest BCUT2D eigenvalue weighted by Crippen LogP contribution is -2.48. The Kier molecular flexibility index (Phi) is 2.38. The molecule has 1 aromatic heterocycles. The fourth-order valence-electron chi connectivity index (χ4n) is 5.13. The minimum atomic E-state index is -1.51. The molecule has 0 aliphatic heterocycles. The number of nitrogens with zero attached hydrogens (tertiary/aromatic N) is 1. The number of hydrogen-bond acceptors (Lipinski definition) is 4. The maximum Gasteiger partial charge on any atom is 0.382 e. The van der Waals surface area contributed by atoms with E-state index in [9.17, 15) is 9.59 Å². The Bertz CT molecular complexity index is 553. The molecule has 4 bridgehead atoms. The van der Waals surface area contributed by atoms with E-state index in [4.69, 9.17) is 9.52 Å². The third-order valence-corrected chi connectivity index (χ3v) is 5.46. The van der Waals surface area contributed by atoms with E-state index in [1.807, 2.05) is 0 Å². The van der Waals surface area contributed by atoms with Gasteiger partial charge in [-0.05, 0) is 56.3 Å². The van der Waals surface area contributed by atoms with Crippen LogP contribution < -0.4 is 0 Å². The van der Waals surface area contributed by atoms with E-state index >= 15 is 0 Å². The van der Waals surface area contributed by atoms with Crippen LogP contribution >= 0.6 is 0 Å². The second-order valence-corrected chi connectivity index (χ2v) is 6.86. The maximum absolute atomic E-state index is 11.4. The van der Waals surface area contributed by atoms with Crippen LogP contribution in [-0.4, -0.2) is 21.8 Å². The number of aliphatic carboxylic acids is 1. The lowest BCUT2D eigenvalue weighted by atomic mass is 9.49. The molecule has 4 fully saturated rings. The Morgan fingerprint density at radius 1 is 1.15 bits per heavy atom. The van der Waals surface area contributed by atoms with Crippen LogP contribution in [0.3, 0.4) is 0 Å². The molecular weight excluding hydrogens is 258 g/mol. The monoisotopic (exact) mass is 275 g/mol. The summed E-state index contributed by atoms with van der Waals surface area (Å²) in [5, 5.41) is 8.73. The van der Waals surface area contributed by atoms with E-state index in [1.165, 1.54) is 19.3 Å². The van der Waals surface area contributed by atoms with Gasteiger partial charge >= 0.3 is 11.8 Å².